The summed E-state index contributed by atoms with van der Waals surface area (Å²) in [5, 5.41) is 0.602. The quantitative estimate of drug-likeness (QED) is 0.627. The van der Waals surface area contributed by atoms with Gasteiger partial charge in [-0.05, 0) is 43.0 Å². The first kappa shape index (κ1) is 23.5. The number of carbonyl (C=O) groups is 1. The van der Waals surface area contributed by atoms with Gasteiger partial charge in [-0.15, -0.1) is 0 Å². The van der Waals surface area contributed by atoms with Crippen molar-refractivity contribution in [2.45, 2.75) is 47.1 Å². The van der Waals surface area contributed by atoms with E-state index in [9.17, 15) is 14.4 Å². The van der Waals surface area contributed by atoms with Gasteiger partial charge in [0.15, 0.2) is 12.3 Å². The number of carbonyl (C=O) groups excluding carboxylic acids is 1. The highest BCUT2D eigenvalue weighted by atomic mass is 35.5. The Kier molecular flexibility index (Phi) is 8.11. The Morgan fingerprint density at radius 3 is 2.63 bits per heavy atom. The summed E-state index contributed by atoms with van der Waals surface area (Å²) in [4.78, 5) is 41.3. The summed E-state index contributed by atoms with van der Waals surface area (Å²) in [5.41, 5.74) is 5.70. The Hall–Kier alpha value is -2.74. The van der Waals surface area contributed by atoms with Crippen molar-refractivity contribution in [2.24, 2.45) is 5.92 Å². The van der Waals surface area contributed by atoms with Gasteiger partial charge in [0, 0.05) is 18.1 Å². The molecule has 0 bridgehead atoms. The fourth-order valence-corrected chi connectivity index (χ4v) is 3.11. The Bertz CT molecular complexity index is 1010. The number of nitrogen functional groups attached to an aromatic ring is 1. The predicted molar refractivity (Wildman–Crippen MR) is 120 cm³/mol. The highest BCUT2D eigenvalue weighted by Gasteiger charge is 2.24. The summed E-state index contributed by atoms with van der Waals surface area (Å²) in [5.74, 6) is 0.166. The zero-order chi connectivity index (χ0) is 22.4. The largest absolute Gasteiger partial charge is 0.484 e. The maximum absolute atomic E-state index is 13.0. The zero-order valence-electron chi connectivity index (χ0n) is 17.8. The molecule has 0 saturated carbocycles. The summed E-state index contributed by atoms with van der Waals surface area (Å²) < 4.78 is 6.90. The van der Waals surface area contributed by atoms with E-state index in [2.05, 4.69) is 4.98 Å². The molecular formula is C21H29ClN4O4. The number of rotatable bonds is 9. The van der Waals surface area contributed by atoms with Crippen molar-refractivity contribution in [1.29, 1.82) is 0 Å². The normalized spacial score (nSPS) is 11.0. The van der Waals surface area contributed by atoms with Gasteiger partial charge in [0.2, 0.25) is 0 Å². The number of unbranched alkanes of at least 4 members (excludes halogenated alkanes) is 1. The minimum Gasteiger partial charge on any atom is -0.484 e. The number of halogens is 1. The molecule has 8 nitrogen and oxygen atoms in total. The van der Waals surface area contributed by atoms with E-state index < -0.39 is 17.2 Å². The van der Waals surface area contributed by atoms with Crippen molar-refractivity contribution in [2.75, 3.05) is 23.8 Å². The average molecular weight is 437 g/mol. The molecule has 0 atom stereocenters. The number of nitrogens with two attached hydrogens (primary N) is 1. The highest BCUT2D eigenvalue weighted by molar-refractivity contribution is 6.31. The van der Waals surface area contributed by atoms with Gasteiger partial charge in [-0.25, -0.2) is 4.79 Å². The molecule has 1 aromatic heterocycles. The van der Waals surface area contributed by atoms with Gasteiger partial charge in [0.1, 0.15) is 11.6 Å². The lowest BCUT2D eigenvalue weighted by atomic mass is 10.2. The number of benzene rings is 1. The first-order valence-electron chi connectivity index (χ1n) is 9.97. The molecule has 2 rings (SSSR count). The smallest absolute Gasteiger partial charge is 0.330 e. The van der Waals surface area contributed by atoms with Crippen molar-refractivity contribution >= 4 is 29.0 Å². The Morgan fingerprint density at radius 1 is 1.33 bits per heavy atom. The number of amides is 1. The van der Waals surface area contributed by atoms with Crippen LogP contribution in [0.25, 0.3) is 0 Å². The van der Waals surface area contributed by atoms with Crippen LogP contribution in [0, 0.1) is 12.8 Å². The maximum atomic E-state index is 13.0. The summed E-state index contributed by atoms with van der Waals surface area (Å²) in [7, 11) is 0. The van der Waals surface area contributed by atoms with Crippen LogP contribution in [0.5, 0.6) is 5.75 Å². The number of nitrogens with zero attached hydrogens (tertiary/aromatic N) is 2. The van der Waals surface area contributed by atoms with Crippen molar-refractivity contribution in [3.8, 4) is 5.75 Å². The molecule has 0 unspecified atom stereocenters. The zero-order valence-corrected chi connectivity index (χ0v) is 18.6. The van der Waals surface area contributed by atoms with Crippen LogP contribution in [0.1, 0.15) is 39.2 Å². The number of hydrogen-bond acceptors (Lipinski definition) is 5. The van der Waals surface area contributed by atoms with E-state index in [4.69, 9.17) is 22.1 Å². The third-order valence-corrected chi connectivity index (χ3v) is 4.98. The van der Waals surface area contributed by atoms with Gasteiger partial charge in [-0.2, -0.15) is 0 Å². The number of H-pyrrole nitrogens is 1. The number of aromatic nitrogens is 2. The SMILES string of the molecule is CCCCN(C(=O)COc1ccc(Cl)c(C)c1)c1c(N)n(CC(C)C)c(=O)[nH]c1=O. The molecule has 30 heavy (non-hydrogen) atoms. The first-order valence-corrected chi connectivity index (χ1v) is 10.3. The lowest BCUT2D eigenvalue weighted by molar-refractivity contribution is -0.120. The lowest BCUT2D eigenvalue weighted by Gasteiger charge is -2.25. The van der Waals surface area contributed by atoms with E-state index in [1.807, 2.05) is 27.7 Å². The third-order valence-electron chi connectivity index (χ3n) is 4.56. The van der Waals surface area contributed by atoms with Crippen LogP contribution in [0.15, 0.2) is 27.8 Å². The molecule has 0 fully saturated rings. The lowest BCUT2D eigenvalue weighted by Crippen LogP contribution is -2.43. The molecule has 0 aliphatic heterocycles. The van der Waals surface area contributed by atoms with E-state index in [-0.39, 0.29) is 30.6 Å². The number of aromatic amines is 1. The van der Waals surface area contributed by atoms with E-state index in [1.54, 1.807) is 18.2 Å². The summed E-state index contributed by atoms with van der Waals surface area (Å²) in [6, 6.07) is 5.09. The number of anilines is 2. The molecule has 1 amide bonds. The average Bonchev–Trinajstić information content (AvgIpc) is 2.68. The van der Waals surface area contributed by atoms with E-state index >= 15 is 0 Å². The Labute approximate surface area is 180 Å². The van der Waals surface area contributed by atoms with Crippen LogP contribution in [-0.4, -0.2) is 28.6 Å². The van der Waals surface area contributed by atoms with Gasteiger partial charge in [-0.3, -0.25) is 19.1 Å². The van der Waals surface area contributed by atoms with Gasteiger partial charge in [-0.1, -0.05) is 38.8 Å². The summed E-state index contributed by atoms with van der Waals surface area (Å²) >= 11 is 6.02. The molecule has 1 aromatic carbocycles. The predicted octanol–water partition coefficient (Wildman–Crippen LogP) is 2.95. The summed E-state index contributed by atoms with van der Waals surface area (Å²) in [6.07, 6.45) is 1.47. The Morgan fingerprint density at radius 2 is 2.03 bits per heavy atom. The second-order valence-electron chi connectivity index (χ2n) is 7.60. The van der Waals surface area contributed by atoms with Crippen molar-refractivity contribution in [1.82, 2.24) is 9.55 Å². The van der Waals surface area contributed by atoms with Crippen LogP contribution in [-0.2, 0) is 11.3 Å². The second-order valence-corrected chi connectivity index (χ2v) is 8.00. The second kappa shape index (κ2) is 10.3. The van der Waals surface area contributed by atoms with Gasteiger partial charge in [0.05, 0.1) is 0 Å². The number of hydrogen-bond donors (Lipinski definition) is 2. The third kappa shape index (κ3) is 5.66. The van der Waals surface area contributed by atoms with Crippen LogP contribution in [0.4, 0.5) is 11.5 Å². The first-order chi connectivity index (χ1) is 14.1. The molecule has 0 aliphatic carbocycles. The molecule has 164 valence electrons. The summed E-state index contributed by atoms with van der Waals surface area (Å²) in [6.45, 7) is 7.99. The van der Waals surface area contributed by atoms with E-state index in [1.165, 1.54) is 9.47 Å². The van der Waals surface area contributed by atoms with Crippen LogP contribution in [0.2, 0.25) is 5.02 Å². The van der Waals surface area contributed by atoms with Crippen molar-refractivity contribution < 1.29 is 9.53 Å². The fourth-order valence-electron chi connectivity index (χ4n) is 2.99. The molecule has 1 heterocycles. The topological polar surface area (TPSA) is 110 Å². The standard InChI is InChI=1S/C21H29ClN4O4/c1-5-6-9-25(17(27)12-30-15-7-8-16(22)14(4)10-15)18-19(23)26(11-13(2)3)21(29)24-20(18)28/h7-8,10,13H,5-6,9,11-12,23H2,1-4H3,(H,24,28,29). The molecule has 9 heteroatoms. The molecular weight excluding hydrogens is 408 g/mol. The van der Waals surface area contributed by atoms with Gasteiger partial charge in [0.25, 0.3) is 11.5 Å². The fraction of sp³-hybridized carbons (Fsp3) is 0.476. The van der Waals surface area contributed by atoms with E-state index in [0.29, 0.717) is 23.7 Å². The van der Waals surface area contributed by atoms with Crippen molar-refractivity contribution in [3.05, 3.63) is 49.6 Å². The van der Waals surface area contributed by atoms with E-state index in [0.717, 1.165) is 12.0 Å². The van der Waals surface area contributed by atoms with Crippen molar-refractivity contribution in [3.63, 3.8) is 0 Å². The van der Waals surface area contributed by atoms with Crippen LogP contribution in [0.3, 0.4) is 0 Å². The number of aryl methyl sites for hydroxylation is 1. The maximum Gasteiger partial charge on any atom is 0.330 e. The number of ether oxygens (including phenoxy) is 1. The molecule has 3 N–H and O–H groups in total. The van der Waals surface area contributed by atoms with Crippen LogP contribution >= 0.6 is 11.6 Å². The highest BCUT2D eigenvalue weighted by Crippen LogP contribution is 2.22. The Balaban J connectivity index is 2.36. The van der Waals surface area contributed by atoms with Gasteiger partial charge < -0.3 is 15.4 Å². The molecule has 0 spiro atoms. The molecule has 0 aliphatic rings. The van der Waals surface area contributed by atoms with Crippen LogP contribution < -0.4 is 26.6 Å². The minimum atomic E-state index is -0.690. The molecule has 2 aromatic rings. The minimum absolute atomic E-state index is 0.0235. The van der Waals surface area contributed by atoms with Gasteiger partial charge >= 0.3 is 5.69 Å². The monoisotopic (exact) mass is 436 g/mol. The number of nitrogens with one attached hydrogen (secondary N) is 1. The molecule has 0 radical (unpaired) electrons. The molecule has 0 saturated heterocycles.